The number of hydrogen-bond donors (Lipinski definition) is 1. The molecule has 29 heavy (non-hydrogen) atoms. The number of hydrogen-bond acceptors (Lipinski definition) is 4. The summed E-state index contributed by atoms with van der Waals surface area (Å²) < 4.78 is 11.7. The van der Waals surface area contributed by atoms with Gasteiger partial charge in [0, 0.05) is 54.1 Å². The maximum atomic E-state index is 12.8. The van der Waals surface area contributed by atoms with Gasteiger partial charge in [-0.25, -0.2) is 0 Å². The van der Waals surface area contributed by atoms with E-state index in [-0.39, 0.29) is 17.7 Å². The summed E-state index contributed by atoms with van der Waals surface area (Å²) in [6.45, 7) is 3.05. The van der Waals surface area contributed by atoms with Crippen molar-refractivity contribution in [2.24, 2.45) is 11.7 Å². The van der Waals surface area contributed by atoms with E-state index in [1.165, 1.54) is 12.0 Å². The largest absolute Gasteiger partial charge is 0.496 e. The van der Waals surface area contributed by atoms with Crippen LogP contribution < -0.4 is 10.5 Å². The van der Waals surface area contributed by atoms with Crippen LogP contribution in [0.5, 0.6) is 5.75 Å². The number of ether oxygens (including phenoxy) is 1. The van der Waals surface area contributed by atoms with Crippen LogP contribution in [0.4, 0.5) is 0 Å². The zero-order valence-corrected chi connectivity index (χ0v) is 17.1. The van der Waals surface area contributed by atoms with Gasteiger partial charge in [0.05, 0.1) is 7.11 Å². The number of furan rings is 1. The summed E-state index contributed by atoms with van der Waals surface area (Å²) in [5.74, 6) is 1.35. The minimum atomic E-state index is -0.273. The molecule has 154 valence electrons. The molecule has 0 saturated carbocycles. The van der Waals surface area contributed by atoms with E-state index in [1.54, 1.807) is 18.1 Å². The highest BCUT2D eigenvalue weighted by atomic mass is 16.5. The fourth-order valence-corrected chi connectivity index (χ4v) is 4.51. The van der Waals surface area contributed by atoms with E-state index in [4.69, 9.17) is 14.9 Å². The second kappa shape index (κ2) is 7.93. The van der Waals surface area contributed by atoms with Gasteiger partial charge >= 0.3 is 0 Å². The number of fused-ring (bicyclic) bond motifs is 3. The summed E-state index contributed by atoms with van der Waals surface area (Å²) in [6, 6.07) is 4.03. The van der Waals surface area contributed by atoms with Crippen molar-refractivity contribution >= 4 is 28.4 Å². The molecule has 2 heterocycles. The van der Waals surface area contributed by atoms with Crippen LogP contribution in [0.25, 0.3) is 16.5 Å². The lowest BCUT2D eigenvalue weighted by atomic mass is 9.94. The molecule has 2 N–H and O–H groups in total. The standard InChI is InChI=1S/C23H28N2O4/c1-14(11-22(26)25-9-7-15(8-10-25)23(24)27)17-12-18-16-5-3-4-6-19(16)29-21(18)13-20(17)28-2/h11-13,15H,3-10H2,1-2H3,(H2,24,27)/b14-11+. The Kier molecular flexibility index (Phi) is 5.35. The number of aryl methyl sites for hydroxylation is 2. The molecule has 0 atom stereocenters. The average Bonchev–Trinajstić information content (AvgIpc) is 3.10. The molecule has 6 heteroatoms. The predicted molar refractivity (Wildman–Crippen MR) is 112 cm³/mol. The molecule has 0 unspecified atom stereocenters. The molecule has 0 radical (unpaired) electrons. The van der Waals surface area contributed by atoms with Gasteiger partial charge in [0.15, 0.2) is 0 Å². The normalized spacial score (nSPS) is 18.0. The van der Waals surface area contributed by atoms with Gasteiger partial charge in [-0.3, -0.25) is 9.59 Å². The van der Waals surface area contributed by atoms with Crippen molar-refractivity contribution in [2.45, 2.75) is 45.4 Å². The molecule has 1 aromatic carbocycles. The van der Waals surface area contributed by atoms with Crippen LogP contribution in [0, 0.1) is 5.92 Å². The van der Waals surface area contributed by atoms with Crippen LogP contribution in [0.15, 0.2) is 22.6 Å². The first-order valence-corrected chi connectivity index (χ1v) is 10.4. The average molecular weight is 396 g/mol. The molecule has 2 amide bonds. The lowest BCUT2D eigenvalue weighted by Gasteiger charge is -2.30. The fourth-order valence-electron chi connectivity index (χ4n) is 4.51. The quantitative estimate of drug-likeness (QED) is 0.802. The van der Waals surface area contributed by atoms with Crippen molar-refractivity contribution in [3.8, 4) is 5.75 Å². The lowest BCUT2D eigenvalue weighted by molar-refractivity contribution is -0.130. The third-order valence-electron chi connectivity index (χ3n) is 6.25. The first-order valence-electron chi connectivity index (χ1n) is 10.4. The maximum Gasteiger partial charge on any atom is 0.246 e. The number of amides is 2. The highest BCUT2D eigenvalue weighted by Gasteiger charge is 2.25. The van der Waals surface area contributed by atoms with Crippen molar-refractivity contribution in [3.63, 3.8) is 0 Å². The van der Waals surface area contributed by atoms with Crippen LogP contribution in [0.2, 0.25) is 0 Å². The molecule has 4 rings (SSSR count). The van der Waals surface area contributed by atoms with Gasteiger partial charge in [-0.2, -0.15) is 0 Å². The Labute approximate surface area is 170 Å². The number of benzene rings is 1. The van der Waals surface area contributed by atoms with Gasteiger partial charge in [-0.05, 0) is 50.7 Å². The van der Waals surface area contributed by atoms with E-state index in [2.05, 4.69) is 6.07 Å². The Morgan fingerprint density at radius 3 is 2.62 bits per heavy atom. The molecule has 2 aliphatic rings. The number of nitrogens with zero attached hydrogens (tertiary/aromatic N) is 1. The number of methoxy groups -OCH3 is 1. The molecule has 2 aromatic rings. The highest BCUT2D eigenvalue weighted by molar-refractivity contribution is 5.97. The summed E-state index contributed by atoms with van der Waals surface area (Å²) in [7, 11) is 1.64. The van der Waals surface area contributed by atoms with Crippen LogP contribution >= 0.6 is 0 Å². The summed E-state index contributed by atoms with van der Waals surface area (Å²) in [4.78, 5) is 25.9. The monoisotopic (exact) mass is 396 g/mol. The van der Waals surface area contributed by atoms with Crippen molar-refractivity contribution in [2.75, 3.05) is 20.2 Å². The minimum absolute atomic E-state index is 0.0400. The van der Waals surface area contributed by atoms with Crippen molar-refractivity contribution in [3.05, 3.63) is 35.1 Å². The highest BCUT2D eigenvalue weighted by Crippen LogP contribution is 2.38. The number of carbonyl (C=O) groups is 2. The predicted octanol–water partition coefficient (Wildman–Crippen LogP) is 3.45. The zero-order valence-electron chi connectivity index (χ0n) is 17.1. The van der Waals surface area contributed by atoms with Gasteiger partial charge in [0.2, 0.25) is 11.8 Å². The smallest absolute Gasteiger partial charge is 0.246 e. The topological polar surface area (TPSA) is 85.8 Å². The first kappa shape index (κ1) is 19.6. The number of piperidine rings is 1. The molecule has 1 aliphatic heterocycles. The molecule has 1 aromatic heterocycles. The van der Waals surface area contributed by atoms with Crippen LogP contribution in [-0.2, 0) is 22.4 Å². The molecule has 1 saturated heterocycles. The van der Waals surface area contributed by atoms with Crippen LogP contribution in [0.3, 0.4) is 0 Å². The van der Waals surface area contributed by atoms with Gasteiger partial charge in [0.1, 0.15) is 17.1 Å². The second-order valence-electron chi connectivity index (χ2n) is 8.09. The van der Waals surface area contributed by atoms with E-state index in [1.807, 2.05) is 13.0 Å². The zero-order chi connectivity index (χ0) is 20.5. The van der Waals surface area contributed by atoms with Crippen LogP contribution in [-0.4, -0.2) is 36.9 Å². The third kappa shape index (κ3) is 3.76. The van der Waals surface area contributed by atoms with Crippen molar-refractivity contribution in [1.82, 2.24) is 4.90 Å². The Morgan fingerprint density at radius 2 is 1.93 bits per heavy atom. The van der Waals surface area contributed by atoms with Gasteiger partial charge < -0.3 is 19.8 Å². The third-order valence-corrected chi connectivity index (χ3v) is 6.25. The summed E-state index contributed by atoms with van der Waals surface area (Å²) in [5.41, 5.74) is 9.30. The number of primary amides is 1. The Balaban J connectivity index is 1.61. The van der Waals surface area contributed by atoms with Gasteiger partial charge in [0.25, 0.3) is 0 Å². The number of allylic oxidation sites excluding steroid dienone is 1. The molecular weight excluding hydrogens is 368 g/mol. The van der Waals surface area contributed by atoms with E-state index < -0.39 is 0 Å². The minimum Gasteiger partial charge on any atom is -0.496 e. The Morgan fingerprint density at radius 1 is 1.21 bits per heavy atom. The second-order valence-corrected chi connectivity index (χ2v) is 8.09. The molecule has 0 spiro atoms. The van der Waals surface area contributed by atoms with E-state index in [0.29, 0.717) is 31.7 Å². The Bertz CT molecular complexity index is 980. The molecular formula is C23H28N2O4. The van der Waals surface area contributed by atoms with Gasteiger partial charge in [-0.15, -0.1) is 0 Å². The van der Waals surface area contributed by atoms with E-state index >= 15 is 0 Å². The lowest BCUT2D eigenvalue weighted by Crippen LogP contribution is -2.41. The fraction of sp³-hybridized carbons (Fsp3) is 0.478. The molecule has 1 aliphatic carbocycles. The first-order chi connectivity index (χ1) is 14.0. The molecule has 1 fully saturated rings. The van der Waals surface area contributed by atoms with Crippen LogP contribution in [0.1, 0.15) is 49.5 Å². The van der Waals surface area contributed by atoms with Crippen molar-refractivity contribution in [1.29, 1.82) is 0 Å². The number of rotatable bonds is 4. The summed E-state index contributed by atoms with van der Waals surface area (Å²) in [6.07, 6.45) is 7.28. The molecule has 0 bridgehead atoms. The van der Waals surface area contributed by atoms with Gasteiger partial charge in [-0.1, -0.05) is 0 Å². The van der Waals surface area contributed by atoms with E-state index in [9.17, 15) is 9.59 Å². The van der Waals surface area contributed by atoms with E-state index in [0.717, 1.165) is 47.1 Å². The molecule has 6 nitrogen and oxygen atoms in total. The SMILES string of the molecule is COc1cc2oc3c(c2cc1/C(C)=C/C(=O)N1CCC(C(N)=O)CC1)CCCC3. The van der Waals surface area contributed by atoms with Crippen molar-refractivity contribution < 1.29 is 18.7 Å². The summed E-state index contributed by atoms with van der Waals surface area (Å²) >= 11 is 0. The number of carbonyl (C=O) groups excluding carboxylic acids is 2. The maximum absolute atomic E-state index is 12.8. The number of nitrogens with two attached hydrogens (primary N) is 1. The number of likely N-dealkylation sites (tertiary alicyclic amines) is 1. The Hall–Kier alpha value is -2.76. The summed E-state index contributed by atoms with van der Waals surface area (Å²) in [5, 5.41) is 1.12.